The van der Waals surface area contributed by atoms with Crippen molar-refractivity contribution in [1.29, 1.82) is 5.41 Å². The fourth-order valence-corrected chi connectivity index (χ4v) is 4.38. The molecule has 2 fully saturated rings. The average molecular weight is 304 g/mol. The Labute approximate surface area is 131 Å². The van der Waals surface area contributed by atoms with E-state index in [1.807, 2.05) is 6.26 Å². The van der Waals surface area contributed by atoms with E-state index in [9.17, 15) is 0 Å². The van der Waals surface area contributed by atoms with Crippen molar-refractivity contribution < 1.29 is 0 Å². The van der Waals surface area contributed by atoms with Gasteiger partial charge in [-0.05, 0) is 44.7 Å². The van der Waals surface area contributed by atoms with Crippen molar-refractivity contribution in [2.45, 2.75) is 36.2 Å². The van der Waals surface area contributed by atoms with Crippen LogP contribution in [0.4, 0.5) is 5.69 Å². The zero-order valence-electron chi connectivity index (χ0n) is 12.8. The maximum absolute atomic E-state index is 7.96. The fourth-order valence-electron chi connectivity index (χ4n) is 3.75. The third kappa shape index (κ3) is 2.64. The molecule has 2 aliphatic rings. The van der Waals surface area contributed by atoms with Crippen LogP contribution in [0.15, 0.2) is 23.1 Å². The normalized spacial score (nSPS) is 25.9. The maximum atomic E-state index is 7.96. The van der Waals surface area contributed by atoms with Crippen LogP contribution in [0.2, 0.25) is 0 Å². The Balaban J connectivity index is 1.95. The average Bonchev–Trinajstić information content (AvgIpc) is 2.71. The molecule has 2 atom stereocenters. The van der Waals surface area contributed by atoms with Crippen LogP contribution in [0.1, 0.15) is 24.8 Å². The molecule has 0 radical (unpaired) electrons. The lowest BCUT2D eigenvalue weighted by molar-refractivity contribution is 0.254. The van der Waals surface area contributed by atoms with Gasteiger partial charge in [0.2, 0.25) is 0 Å². The Hall–Kier alpha value is -1.20. The largest absolute Gasteiger partial charge is 0.384 e. The lowest BCUT2D eigenvalue weighted by Gasteiger charge is -2.29. The van der Waals surface area contributed by atoms with Gasteiger partial charge >= 0.3 is 0 Å². The maximum Gasteiger partial charge on any atom is 0.126 e. The molecule has 0 saturated carbocycles. The van der Waals surface area contributed by atoms with Crippen LogP contribution >= 0.6 is 11.8 Å². The highest BCUT2D eigenvalue weighted by atomic mass is 32.2. The first-order valence-corrected chi connectivity index (χ1v) is 8.82. The van der Waals surface area contributed by atoms with E-state index in [-0.39, 0.29) is 5.84 Å². The van der Waals surface area contributed by atoms with Crippen LogP contribution in [-0.4, -0.2) is 49.2 Å². The fraction of sp³-hybridized carbons (Fsp3) is 0.562. The Morgan fingerprint density at radius 1 is 1.29 bits per heavy atom. The number of nitrogens with one attached hydrogen (secondary N) is 1. The minimum absolute atomic E-state index is 0.178. The molecule has 2 unspecified atom stereocenters. The molecule has 2 aliphatic heterocycles. The number of hydrogen-bond acceptors (Lipinski definition) is 4. The summed E-state index contributed by atoms with van der Waals surface area (Å²) < 4.78 is 0. The van der Waals surface area contributed by atoms with E-state index >= 15 is 0 Å². The van der Waals surface area contributed by atoms with Crippen molar-refractivity contribution in [3.05, 3.63) is 23.8 Å². The van der Waals surface area contributed by atoms with Gasteiger partial charge in [-0.2, -0.15) is 0 Å². The number of benzene rings is 1. The minimum Gasteiger partial charge on any atom is -0.384 e. The molecule has 114 valence electrons. The number of nitrogens with zero attached hydrogens (tertiary/aromatic N) is 2. The monoisotopic (exact) mass is 304 g/mol. The highest BCUT2D eigenvalue weighted by molar-refractivity contribution is 7.98. The van der Waals surface area contributed by atoms with Crippen molar-refractivity contribution in [1.82, 2.24) is 4.90 Å². The zero-order chi connectivity index (χ0) is 15.0. The molecule has 1 aromatic carbocycles. The number of nitrogens with two attached hydrogens (primary N) is 1. The van der Waals surface area contributed by atoms with E-state index in [2.05, 4.69) is 35.0 Å². The Kier molecular flexibility index (Phi) is 4.13. The van der Waals surface area contributed by atoms with Crippen molar-refractivity contribution in [3.8, 4) is 0 Å². The second kappa shape index (κ2) is 5.89. The first kappa shape index (κ1) is 14.7. The summed E-state index contributed by atoms with van der Waals surface area (Å²) in [6, 6.07) is 7.62. The molecular weight excluding hydrogens is 280 g/mol. The molecule has 21 heavy (non-hydrogen) atoms. The molecule has 2 saturated heterocycles. The van der Waals surface area contributed by atoms with E-state index in [4.69, 9.17) is 11.1 Å². The van der Waals surface area contributed by atoms with Gasteiger partial charge in [-0.15, -0.1) is 11.8 Å². The molecule has 2 bridgehead atoms. The van der Waals surface area contributed by atoms with Crippen LogP contribution < -0.4 is 10.6 Å². The second-order valence-corrected chi connectivity index (χ2v) is 6.90. The van der Waals surface area contributed by atoms with Gasteiger partial charge in [0.1, 0.15) is 5.84 Å². The lowest BCUT2D eigenvalue weighted by Crippen LogP contribution is -2.37. The third-order valence-electron chi connectivity index (χ3n) is 4.98. The van der Waals surface area contributed by atoms with Crippen LogP contribution in [-0.2, 0) is 0 Å². The van der Waals surface area contributed by atoms with E-state index in [1.54, 1.807) is 11.8 Å². The van der Waals surface area contributed by atoms with Gasteiger partial charge < -0.3 is 10.6 Å². The molecular formula is C16H24N4S. The topological polar surface area (TPSA) is 56.4 Å². The smallest absolute Gasteiger partial charge is 0.126 e. The summed E-state index contributed by atoms with van der Waals surface area (Å²) in [5.41, 5.74) is 7.92. The third-order valence-corrected chi connectivity index (χ3v) is 5.76. The number of hydrogen-bond donors (Lipinski definition) is 2. The minimum atomic E-state index is 0.178. The number of nitrogen functional groups attached to an aromatic ring is 1. The van der Waals surface area contributed by atoms with Crippen LogP contribution in [0.25, 0.3) is 0 Å². The molecule has 3 rings (SSSR count). The van der Waals surface area contributed by atoms with Crippen LogP contribution in [0.5, 0.6) is 0 Å². The van der Waals surface area contributed by atoms with Gasteiger partial charge in [0.05, 0.1) is 5.56 Å². The Bertz CT molecular complexity index is 545. The van der Waals surface area contributed by atoms with Gasteiger partial charge in [0.15, 0.2) is 0 Å². The number of thioether (sulfide) groups is 1. The highest BCUT2D eigenvalue weighted by Crippen LogP contribution is 2.34. The van der Waals surface area contributed by atoms with E-state index < -0.39 is 0 Å². The summed E-state index contributed by atoms with van der Waals surface area (Å²) in [4.78, 5) is 6.09. The van der Waals surface area contributed by atoms with Gasteiger partial charge in [0.25, 0.3) is 0 Å². The summed E-state index contributed by atoms with van der Waals surface area (Å²) in [6.07, 6.45) is 5.87. The summed E-state index contributed by atoms with van der Waals surface area (Å²) in [6.45, 7) is 2.11. The summed E-state index contributed by atoms with van der Waals surface area (Å²) in [5.74, 6) is 0.178. The molecule has 1 aromatic rings. The molecule has 0 aliphatic carbocycles. The Morgan fingerprint density at radius 3 is 2.76 bits per heavy atom. The summed E-state index contributed by atoms with van der Waals surface area (Å²) >= 11 is 1.67. The second-order valence-electron chi connectivity index (χ2n) is 6.05. The number of amidine groups is 1. The van der Waals surface area contributed by atoms with E-state index in [0.717, 1.165) is 35.3 Å². The molecule has 2 heterocycles. The lowest BCUT2D eigenvalue weighted by atomic mass is 10.1. The number of rotatable bonds is 3. The van der Waals surface area contributed by atoms with Crippen molar-refractivity contribution in [3.63, 3.8) is 0 Å². The SMILES string of the molecule is CSc1cccc(N2CCC3CCC(C2)N3C)c1C(=N)N. The van der Waals surface area contributed by atoms with Gasteiger partial charge in [0, 0.05) is 35.8 Å². The van der Waals surface area contributed by atoms with Gasteiger partial charge in [-0.3, -0.25) is 10.3 Å². The molecule has 0 amide bonds. The van der Waals surface area contributed by atoms with Crippen molar-refractivity contribution in [2.24, 2.45) is 5.73 Å². The molecule has 0 aromatic heterocycles. The standard InChI is InChI=1S/C16H24N4S/c1-19-11-6-7-12(19)10-20(9-8-11)13-4-3-5-14(21-2)15(13)16(17)18/h3-5,11-12H,6-10H2,1-2H3,(H3,17,18). The number of anilines is 1. The first-order valence-electron chi connectivity index (χ1n) is 7.60. The Morgan fingerprint density at radius 2 is 2.05 bits per heavy atom. The summed E-state index contributed by atoms with van der Waals surface area (Å²) in [5, 5.41) is 7.96. The predicted molar refractivity (Wildman–Crippen MR) is 90.6 cm³/mol. The molecule has 4 nitrogen and oxygen atoms in total. The van der Waals surface area contributed by atoms with Gasteiger partial charge in [-0.1, -0.05) is 6.07 Å². The predicted octanol–water partition coefficient (Wildman–Crippen LogP) is 2.37. The summed E-state index contributed by atoms with van der Waals surface area (Å²) in [7, 11) is 2.26. The van der Waals surface area contributed by atoms with Crippen molar-refractivity contribution in [2.75, 3.05) is 31.3 Å². The molecule has 0 spiro atoms. The van der Waals surface area contributed by atoms with E-state index in [1.165, 1.54) is 19.3 Å². The van der Waals surface area contributed by atoms with Gasteiger partial charge in [-0.25, -0.2) is 0 Å². The quantitative estimate of drug-likeness (QED) is 0.511. The highest BCUT2D eigenvalue weighted by Gasteiger charge is 2.35. The van der Waals surface area contributed by atoms with Crippen LogP contribution in [0.3, 0.4) is 0 Å². The number of fused-ring (bicyclic) bond motifs is 2. The van der Waals surface area contributed by atoms with E-state index in [0.29, 0.717) is 6.04 Å². The van der Waals surface area contributed by atoms with Crippen molar-refractivity contribution >= 4 is 23.3 Å². The van der Waals surface area contributed by atoms with Crippen LogP contribution in [0, 0.1) is 5.41 Å². The number of likely N-dealkylation sites (N-methyl/N-ethyl adjacent to an activating group) is 1. The molecule has 3 N–H and O–H groups in total. The zero-order valence-corrected chi connectivity index (χ0v) is 13.6. The first-order chi connectivity index (χ1) is 10.1. The molecule has 5 heteroatoms.